The van der Waals surface area contributed by atoms with E-state index in [9.17, 15) is 22.6 Å². The Hall–Kier alpha value is -0.814. The van der Waals surface area contributed by atoms with E-state index in [1.54, 1.807) is 0 Å². The van der Waals surface area contributed by atoms with E-state index in [1.165, 1.54) is 102 Å². The Labute approximate surface area is 342 Å². The van der Waals surface area contributed by atoms with Gasteiger partial charge in [-0.3, -0.25) is 0 Å². The summed E-state index contributed by atoms with van der Waals surface area (Å²) in [5.74, 6) is -1.82. The molecule has 1 aromatic carbocycles. The number of esters is 2. The van der Waals surface area contributed by atoms with Gasteiger partial charge in [0.2, 0.25) is 0 Å². The molecule has 9 heteroatoms. The van der Waals surface area contributed by atoms with Gasteiger partial charge in [-0.05, 0) is 63.5 Å². The summed E-state index contributed by atoms with van der Waals surface area (Å²) in [5.41, 5.74) is -0.789. The molecule has 0 fully saturated rings. The summed E-state index contributed by atoms with van der Waals surface area (Å²) in [6.45, 7) is 4.66. The maximum Gasteiger partial charge on any atom is 1.00 e. The van der Waals surface area contributed by atoms with Crippen molar-refractivity contribution in [3.8, 4) is 0 Å². The second-order valence-electron chi connectivity index (χ2n) is 12.9. The molecule has 1 rings (SSSR count). The van der Waals surface area contributed by atoms with Crippen molar-refractivity contribution in [3.05, 3.63) is 53.6 Å². The molecule has 0 saturated carbocycles. The number of unbranched alkanes of at least 4 members (excludes halogenated alkanes) is 20. The number of benzene rings is 1. The normalized spacial score (nSPS) is 11.7. The summed E-state index contributed by atoms with van der Waals surface area (Å²) >= 11 is 0. The monoisotopic (exact) mass is 728 g/mol. The minimum absolute atomic E-state index is 0. The number of ether oxygens (including phenoxy) is 2. The first-order chi connectivity index (χ1) is 23.3. The predicted octanol–water partition coefficient (Wildman–Crippen LogP) is 8.42. The van der Waals surface area contributed by atoms with Crippen molar-refractivity contribution in [1.29, 1.82) is 0 Å². The topological polar surface area (TPSA) is 110 Å². The molecule has 49 heavy (non-hydrogen) atoms. The van der Waals surface area contributed by atoms with Gasteiger partial charge in [-0.1, -0.05) is 147 Å². The molecule has 0 saturated heterocycles. The Bertz CT molecular complexity index is 1150. The first-order valence-corrected chi connectivity index (χ1v) is 20.5. The molecule has 0 unspecified atom stereocenters. The fourth-order valence-corrected chi connectivity index (χ4v) is 6.25. The fraction of sp³-hybridized carbons (Fsp3) is 0.700. The molecule has 0 aliphatic heterocycles. The van der Waals surface area contributed by atoms with Crippen molar-refractivity contribution in [2.24, 2.45) is 0 Å². The zero-order chi connectivity index (χ0) is 35.1. The van der Waals surface area contributed by atoms with Crippen LogP contribution in [0.4, 0.5) is 0 Å². The SMILES string of the molecule is CCCC/C=C/CCCCCCCCCCOC(=O)c1cccc(S(=O)(=O)[O-])c1C(=O)OCCCCCCCCCC/C=C/CCCC.[K+]. The Morgan fingerprint density at radius 3 is 1.35 bits per heavy atom. The molecule has 274 valence electrons. The van der Waals surface area contributed by atoms with Crippen LogP contribution in [0.15, 0.2) is 47.4 Å². The van der Waals surface area contributed by atoms with Gasteiger partial charge in [-0.15, -0.1) is 0 Å². The first kappa shape index (κ1) is 48.2. The molecule has 0 heterocycles. The van der Waals surface area contributed by atoms with Crippen molar-refractivity contribution in [1.82, 2.24) is 0 Å². The van der Waals surface area contributed by atoms with Crippen LogP contribution in [0, 0.1) is 0 Å². The number of hydrogen-bond donors (Lipinski definition) is 0. The van der Waals surface area contributed by atoms with E-state index in [0.717, 1.165) is 57.4 Å². The Balaban J connectivity index is 0.0000230. The Kier molecular flexibility index (Phi) is 32.5. The predicted molar refractivity (Wildman–Crippen MR) is 195 cm³/mol. The quantitative estimate of drug-likeness (QED) is 0.0248. The van der Waals surface area contributed by atoms with Crippen LogP contribution in [-0.2, 0) is 19.6 Å². The summed E-state index contributed by atoms with van der Waals surface area (Å²) in [4.78, 5) is 25.0. The maximum absolute atomic E-state index is 12.9. The maximum atomic E-state index is 12.9. The fourth-order valence-electron chi connectivity index (χ4n) is 5.56. The molecule has 0 atom stereocenters. The van der Waals surface area contributed by atoms with Crippen LogP contribution in [0.1, 0.15) is 189 Å². The number of carbonyl (C=O) groups excluding carboxylic acids is 2. The zero-order valence-electron chi connectivity index (χ0n) is 31.2. The number of rotatable bonds is 31. The molecular formula is C40H65KO7S. The molecule has 1 aromatic rings. The van der Waals surface area contributed by atoms with Gasteiger partial charge in [0.15, 0.2) is 0 Å². The molecule has 0 aliphatic rings. The summed E-state index contributed by atoms with van der Waals surface area (Å²) in [6, 6.07) is 3.60. The van der Waals surface area contributed by atoms with Crippen molar-refractivity contribution >= 4 is 22.1 Å². The van der Waals surface area contributed by atoms with Crippen LogP contribution in [0.25, 0.3) is 0 Å². The van der Waals surface area contributed by atoms with Gasteiger partial charge < -0.3 is 14.0 Å². The van der Waals surface area contributed by atoms with E-state index in [-0.39, 0.29) is 70.2 Å². The average molecular weight is 729 g/mol. The molecular weight excluding hydrogens is 664 g/mol. The Morgan fingerprint density at radius 2 is 0.939 bits per heavy atom. The van der Waals surface area contributed by atoms with Gasteiger partial charge >= 0.3 is 63.3 Å². The van der Waals surface area contributed by atoms with Crippen LogP contribution in [-0.4, -0.2) is 38.1 Å². The van der Waals surface area contributed by atoms with E-state index >= 15 is 0 Å². The zero-order valence-corrected chi connectivity index (χ0v) is 35.1. The van der Waals surface area contributed by atoms with E-state index in [2.05, 4.69) is 38.2 Å². The summed E-state index contributed by atoms with van der Waals surface area (Å²) in [5, 5.41) is 0. The second-order valence-corrected chi connectivity index (χ2v) is 14.2. The standard InChI is InChI=1S/C40H66O7S.K/c1-3-5-7-9-11-13-15-17-19-21-23-25-27-29-34-46-39(41)36-32-31-33-37(48(43,44)45)38(36)40(42)47-35-30-28-26-24-22-20-18-16-14-12-10-8-6-4-2;/h9-12,31-33H,3-8,13-30,34-35H2,1-2H3,(H,43,44,45);/q;+1/p-1/b11-9+,12-10+;. The van der Waals surface area contributed by atoms with Crippen LogP contribution in [0.5, 0.6) is 0 Å². The van der Waals surface area contributed by atoms with Gasteiger partial charge in [0.1, 0.15) is 10.1 Å². The van der Waals surface area contributed by atoms with E-state index in [1.807, 2.05) is 0 Å². The second kappa shape index (κ2) is 33.1. The molecule has 0 N–H and O–H groups in total. The van der Waals surface area contributed by atoms with Crippen LogP contribution in [0.2, 0.25) is 0 Å². The van der Waals surface area contributed by atoms with Crippen molar-refractivity contribution < 1.29 is 83.4 Å². The third-order valence-corrected chi connectivity index (χ3v) is 9.38. The van der Waals surface area contributed by atoms with Gasteiger partial charge in [-0.25, -0.2) is 18.0 Å². The minimum Gasteiger partial charge on any atom is -0.744 e. The molecule has 0 aromatic heterocycles. The molecule has 7 nitrogen and oxygen atoms in total. The largest absolute Gasteiger partial charge is 1.00 e. The summed E-state index contributed by atoms with van der Waals surface area (Å²) < 4.78 is 46.5. The third-order valence-electron chi connectivity index (χ3n) is 8.50. The first-order valence-electron chi connectivity index (χ1n) is 19.1. The van der Waals surface area contributed by atoms with Gasteiger partial charge in [0.25, 0.3) is 0 Å². The van der Waals surface area contributed by atoms with Gasteiger partial charge in [-0.2, -0.15) is 0 Å². The average Bonchev–Trinajstić information content (AvgIpc) is 3.07. The Morgan fingerprint density at radius 1 is 0.571 bits per heavy atom. The summed E-state index contributed by atoms with van der Waals surface area (Å²) in [6.07, 6.45) is 36.1. The van der Waals surface area contributed by atoms with Gasteiger partial charge in [0, 0.05) is 0 Å². The van der Waals surface area contributed by atoms with Crippen molar-refractivity contribution in [2.75, 3.05) is 13.2 Å². The molecule has 0 bridgehead atoms. The van der Waals surface area contributed by atoms with Crippen molar-refractivity contribution in [3.63, 3.8) is 0 Å². The summed E-state index contributed by atoms with van der Waals surface area (Å²) in [7, 11) is -5.01. The number of allylic oxidation sites excluding steroid dienone is 4. The van der Waals surface area contributed by atoms with Gasteiger partial charge in [0.05, 0.1) is 29.2 Å². The molecule has 0 radical (unpaired) electrons. The van der Waals surface area contributed by atoms with Crippen molar-refractivity contribution in [2.45, 2.75) is 173 Å². The van der Waals surface area contributed by atoms with E-state index in [0.29, 0.717) is 12.8 Å². The minimum atomic E-state index is -5.01. The molecule has 0 aliphatic carbocycles. The number of hydrogen-bond acceptors (Lipinski definition) is 7. The molecule has 0 amide bonds. The van der Waals surface area contributed by atoms with Crippen LogP contribution >= 0.6 is 0 Å². The van der Waals surface area contributed by atoms with Crippen LogP contribution in [0.3, 0.4) is 0 Å². The third kappa shape index (κ3) is 25.7. The molecule has 0 spiro atoms. The smallest absolute Gasteiger partial charge is 0.744 e. The van der Waals surface area contributed by atoms with E-state index < -0.39 is 32.5 Å². The number of carbonyl (C=O) groups is 2. The van der Waals surface area contributed by atoms with E-state index in [4.69, 9.17) is 9.47 Å². The van der Waals surface area contributed by atoms with Crippen LogP contribution < -0.4 is 51.4 Å².